The summed E-state index contributed by atoms with van der Waals surface area (Å²) in [6.07, 6.45) is 7.93. The zero-order valence-electron chi connectivity index (χ0n) is 12.9. The molecule has 3 nitrogen and oxygen atoms in total. The van der Waals surface area contributed by atoms with Crippen molar-refractivity contribution in [3.05, 3.63) is 24.2 Å². The fraction of sp³-hybridized carbons (Fsp3) is 0.765. The van der Waals surface area contributed by atoms with Crippen molar-refractivity contribution in [3.8, 4) is 0 Å². The van der Waals surface area contributed by atoms with Gasteiger partial charge in [0.2, 0.25) is 0 Å². The van der Waals surface area contributed by atoms with Gasteiger partial charge in [-0.2, -0.15) is 0 Å². The summed E-state index contributed by atoms with van der Waals surface area (Å²) in [4.78, 5) is 0. The highest BCUT2D eigenvalue weighted by molar-refractivity contribution is 5.11. The second-order valence-corrected chi connectivity index (χ2v) is 7.28. The van der Waals surface area contributed by atoms with Crippen LogP contribution in [0.5, 0.6) is 0 Å². The van der Waals surface area contributed by atoms with Crippen LogP contribution in [0.4, 0.5) is 0 Å². The van der Waals surface area contributed by atoms with Crippen molar-refractivity contribution in [1.29, 1.82) is 0 Å². The number of furan rings is 1. The Labute approximate surface area is 122 Å². The smallest absolute Gasteiger partial charge is 0.0947 e. The lowest BCUT2D eigenvalue weighted by Gasteiger charge is -2.38. The van der Waals surface area contributed by atoms with E-state index in [2.05, 4.69) is 26.1 Å². The van der Waals surface area contributed by atoms with Crippen molar-refractivity contribution < 1.29 is 9.15 Å². The zero-order valence-corrected chi connectivity index (χ0v) is 12.9. The fourth-order valence-corrected chi connectivity index (χ4v) is 4.28. The maximum absolute atomic E-state index is 6.21. The number of fused-ring (bicyclic) bond motifs is 2. The molecule has 112 valence electrons. The second kappa shape index (κ2) is 5.19. The monoisotopic (exact) mass is 277 g/mol. The van der Waals surface area contributed by atoms with E-state index < -0.39 is 0 Å². The van der Waals surface area contributed by atoms with Gasteiger partial charge in [-0.05, 0) is 42.1 Å². The third-order valence-electron chi connectivity index (χ3n) is 6.22. The SMILES string of the molecule is CC1(C)C2CCC1(C)C(OCCNCc1ccoc1)C2. The lowest BCUT2D eigenvalue weighted by Crippen LogP contribution is -2.38. The average molecular weight is 277 g/mol. The molecule has 2 bridgehead atoms. The number of nitrogens with one attached hydrogen (secondary N) is 1. The van der Waals surface area contributed by atoms with Crippen molar-refractivity contribution in [2.75, 3.05) is 13.2 Å². The van der Waals surface area contributed by atoms with Crippen LogP contribution in [0.1, 0.15) is 45.6 Å². The third-order valence-corrected chi connectivity index (χ3v) is 6.22. The van der Waals surface area contributed by atoms with Crippen LogP contribution in [0.3, 0.4) is 0 Å². The van der Waals surface area contributed by atoms with E-state index in [9.17, 15) is 0 Å². The Bertz CT molecular complexity index is 440. The standard InChI is InChI=1S/C17H27NO2/c1-16(2)14-4-6-17(16,3)15(10-14)20-9-7-18-11-13-5-8-19-12-13/h5,8,12,14-15,18H,4,6-7,9-11H2,1-3H3. The molecule has 2 aliphatic carbocycles. The van der Waals surface area contributed by atoms with Crippen LogP contribution in [-0.4, -0.2) is 19.3 Å². The van der Waals surface area contributed by atoms with E-state index in [0.717, 1.165) is 25.6 Å². The zero-order chi connectivity index (χ0) is 14.2. The first-order valence-electron chi connectivity index (χ1n) is 7.87. The summed E-state index contributed by atoms with van der Waals surface area (Å²) in [5.41, 5.74) is 2.02. The lowest BCUT2D eigenvalue weighted by molar-refractivity contribution is -0.0450. The summed E-state index contributed by atoms with van der Waals surface area (Å²) in [5.74, 6) is 0.858. The summed E-state index contributed by atoms with van der Waals surface area (Å²) >= 11 is 0. The lowest BCUT2D eigenvalue weighted by atomic mass is 9.70. The predicted molar refractivity (Wildman–Crippen MR) is 79.4 cm³/mol. The number of ether oxygens (including phenoxy) is 1. The molecule has 0 saturated heterocycles. The van der Waals surface area contributed by atoms with Crippen LogP contribution in [0, 0.1) is 16.7 Å². The Morgan fingerprint density at radius 2 is 2.25 bits per heavy atom. The Kier molecular flexibility index (Phi) is 3.67. The van der Waals surface area contributed by atoms with Crippen LogP contribution in [0.15, 0.2) is 23.0 Å². The minimum atomic E-state index is 0.377. The average Bonchev–Trinajstić information content (AvgIpc) is 3.04. The van der Waals surface area contributed by atoms with E-state index in [4.69, 9.17) is 9.15 Å². The summed E-state index contributed by atoms with van der Waals surface area (Å²) < 4.78 is 11.3. The summed E-state index contributed by atoms with van der Waals surface area (Å²) in [5, 5.41) is 3.40. The van der Waals surface area contributed by atoms with Gasteiger partial charge >= 0.3 is 0 Å². The molecule has 3 atom stereocenters. The number of rotatable bonds is 6. The van der Waals surface area contributed by atoms with Gasteiger partial charge in [0.15, 0.2) is 0 Å². The molecule has 2 saturated carbocycles. The van der Waals surface area contributed by atoms with Crippen molar-refractivity contribution in [3.63, 3.8) is 0 Å². The molecule has 0 amide bonds. The summed E-state index contributed by atoms with van der Waals surface area (Å²) in [6, 6.07) is 1.99. The molecular formula is C17H27NO2. The van der Waals surface area contributed by atoms with Crippen LogP contribution < -0.4 is 5.32 Å². The van der Waals surface area contributed by atoms with Gasteiger partial charge in [0, 0.05) is 18.7 Å². The summed E-state index contributed by atoms with van der Waals surface area (Å²) in [6.45, 7) is 9.87. The van der Waals surface area contributed by atoms with E-state index in [1.807, 2.05) is 6.07 Å². The Morgan fingerprint density at radius 1 is 1.40 bits per heavy atom. The second-order valence-electron chi connectivity index (χ2n) is 7.28. The minimum absolute atomic E-state index is 0.377. The van der Waals surface area contributed by atoms with Crippen LogP contribution in [-0.2, 0) is 11.3 Å². The molecule has 2 aliphatic rings. The van der Waals surface area contributed by atoms with Crippen molar-refractivity contribution in [1.82, 2.24) is 5.32 Å². The van der Waals surface area contributed by atoms with Crippen LogP contribution in [0.25, 0.3) is 0 Å². The van der Waals surface area contributed by atoms with Crippen molar-refractivity contribution in [2.45, 2.75) is 52.7 Å². The first kappa shape index (κ1) is 14.2. The molecule has 0 aromatic carbocycles. The normalized spacial score (nSPS) is 34.8. The summed E-state index contributed by atoms with van der Waals surface area (Å²) in [7, 11) is 0. The van der Waals surface area contributed by atoms with Gasteiger partial charge in [0.05, 0.1) is 25.2 Å². The maximum Gasteiger partial charge on any atom is 0.0947 e. The van der Waals surface area contributed by atoms with E-state index in [0.29, 0.717) is 16.9 Å². The Hall–Kier alpha value is -0.800. The van der Waals surface area contributed by atoms with Crippen molar-refractivity contribution in [2.24, 2.45) is 16.7 Å². The molecule has 0 radical (unpaired) electrons. The van der Waals surface area contributed by atoms with E-state index >= 15 is 0 Å². The Morgan fingerprint density at radius 3 is 2.85 bits per heavy atom. The molecule has 1 heterocycles. The molecule has 2 fully saturated rings. The van der Waals surface area contributed by atoms with Crippen LogP contribution >= 0.6 is 0 Å². The highest BCUT2D eigenvalue weighted by Crippen LogP contribution is 2.66. The number of hydrogen-bond acceptors (Lipinski definition) is 3. The topological polar surface area (TPSA) is 34.4 Å². The quantitative estimate of drug-likeness (QED) is 0.807. The highest BCUT2D eigenvalue weighted by atomic mass is 16.5. The molecule has 0 aliphatic heterocycles. The van der Waals surface area contributed by atoms with Gasteiger partial charge in [-0.1, -0.05) is 20.8 Å². The van der Waals surface area contributed by atoms with Crippen molar-refractivity contribution >= 4 is 0 Å². The van der Waals surface area contributed by atoms with Gasteiger partial charge in [-0.3, -0.25) is 0 Å². The third kappa shape index (κ3) is 2.21. The van der Waals surface area contributed by atoms with Gasteiger partial charge in [0.25, 0.3) is 0 Å². The van der Waals surface area contributed by atoms with E-state index in [-0.39, 0.29) is 0 Å². The van der Waals surface area contributed by atoms with E-state index in [1.165, 1.54) is 24.8 Å². The number of hydrogen-bond donors (Lipinski definition) is 1. The molecule has 3 heteroatoms. The van der Waals surface area contributed by atoms with Gasteiger partial charge in [-0.25, -0.2) is 0 Å². The molecule has 3 unspecified atom stereocenters. The van der Waals surface area contributed by atoms with Gasteiger partial charge < -0.3 is 14.5 Å². The van der Waals surface area contributed by atoms with Crippen LogP contribution in [0.2, 0.25) is 0 Å². The molecule has 20 heavy (non-hydrogen) atoms. The minimum Gasteiger partial charge on any atom is -0.472 e. The van der Waals surface area contributed by atoms with Gasteiger partial charge in [0.1, 0.15) is 0 Å². The predicted octanol–water partition coefficient (Wildman–Crippen LogP) is 3.60. The molecule has 3 rings (SSSR count). The highest BCUT2D eigenvalue weighted by Gasteiger charge is 2.61. The molecular weight excluding hydrogens is 250 g/mol. The molecule has 1 aromatic rings. The Balaban J connectivity index is 1.42. The van der Waals surface area contributed by atoms with Gasteiger partial charge in [-0.15, -0.1) is 0 Å². The molecule has 1 N–H and O–H groups in total. The largest absolute Gasteiger partial charge is 0.472 e. The van der Waals surface area contributed by atoms with E-state index in [1.54, 1.807) is 12.5 Å². The maximum atomic E-state index is 6.21. The molecule has 0 spiro atoms. The molecule has 1 aromatic heterocycles. The fourth-order valence-electron chi connectivity index (χ4n) is 4.28. The first-order chi connectivity index (χ1) is 9.54. The first-order valence-corrected chi connectivity index (χ1v) is 7.87.